The summed E-state index contributed by atoms with van der Waals surface area (Å²) in [5.41, 5.74) is 2.89. The molecular weight excluding hydrogens is 362 g/mol. The van der Waals surface area contributed by atoms with Crippen molar-refractivity contribution in [2.45, 2.75) is 33.1 Å². The first kappa shape index (κ1) is 19.2. The van der Waals surface area contributed by atoms with Crippen LogP contribution in [0.25, 0.3) is 10.8 Å². The van der Waals surface area contributed by atoms with Gasteiger partial charge in [0.25, 0.3) is 0 Å². The van der Waals surface area contributed by atoms with E-state index in [-0.39, 0.29) is 24.2 Å². The largest absolute Gasteiger partial charge is 0.426 e. The molecule has 148 valence electrons. The van der Waals surface area contributed by atoms with Crippen LogP contribution in [0.3, 0.4) is 0 Å². The van der Waals surface area contributed by atoms with E-state index in [0.29, 0.717) is 12.3 Å². The van der Waals surface area contributed by atoms with Crippen LogP contribution >= 0.6 is 0 Å². The van der Waals surface area contributed by atoms with Crippen LogP contribution in [0.15, 0.2) is 60.7 Å². The van der Waals surface area contributed by atoms with Crippen molar-refractivity contribution in [3.63, 3.8) is 0 Å². The van der Waals surface area contributed by atoms with Crippen molar-refractivity contribution in [2.75, 3.05) is 11.4 Å². The number of carbonyl (C=O) groups is 2. The van der Waals surface area contributed by atoms with Crippen LogP contribution in [-0.4, -0.2) is 18.4 Å². The van der Waals surface area contributed by atoms with Crippen molar-refractivity contribution in [3.8, 4) is 5.75 Å². The fourth-order valence-electron chi connectivity index (χ4n) is 3.94. The fraction of sp³-hybridized carbons (Fsp3) is 0.280. The molecule has 29 heavy (non-hydrogen) atoms. The minimum absolute atomic E-state index is 0.0448. The molecule has 4 rings (SSSR count). The average molecular weight is 387 g/mol. The third-order valence-corrected chi connectivity index (χ3v) is 5.52. The Morgan fingerprint density at radius 2 is 1.83 bits per heavy atom. The number of fused-ring (bicyclic) bond motifs is 1. The van der Waals surface area contributed by atoms with Crippen molar-refractivity contribution < 1.29 is 14.3 Å². The van der Waals surface area contributed by atoms with Crippen molar-refractivity contribution in [2.24, 2.45) is 5.92 Å². The highest BCUT2D eigenvalue weighted by Crippen LogP contribution is 2.33. The van der Waals surface area contributed by atoms with Crippen LogP contribution in [0, 0.1) is 12.8 Å². The van der Waals surface area contributed by atoms with E-state index in [0.717, 1.165) is 27.6 Å². The van der Waals surface area contributed by atoms with E-state index in [1.54, 1.807) is 4.90 Å². The molecule has 4 nitrogen and oxygen atoms in total. The summed E-state index contributed by atoms with van der Waals surface area (Å²) in [6, 6.07) is 19.8. The maximum atomic E-state index is 12.9. The second-order valence-electron chi connectivity index (χ2n) is 8.02. The van der Waals surface area contributed by atoms with Crippen molar-refractivity contribution in [1.29, 1.82) is 0 Å². The van der Waals surface area contributed by atoms with Gasteiger partial charge in [0.1, 0.15) is 5.75 Å². The number of hydrogen-bond acceptors (Lipinski definition) is 3. The van der Waals surface area contributed by atoms with E-state index in [4.69, 9.17) is 4.74 Å². The van der Waals surface area contributed by atoms with Gasteiger partial charge >= 0.3 is 5.97 Å². The fourth-order valence-corrected chi connectivity index (χ4v) is 3.94. The number of amides is 1. The maximum absolute atomic E-state index is 12.9. The SMILES string of the molecule is Cc1ccc(C(C)C)c(OC(=O)[C@H]2CC(=O)N(c3cccc4ccccc34)C2)c1. The quantitative estimate of drug-likeness (QED) is 0.455. The Morgan fingerprint density at radius 1 is 1.07 bits per heavy atom. The number of anilines is 1. The zero-order valence-electron chi connectivity index (χ0n) is 17.0. The first-order chi connectivity index (χ1) is 13.9. The molecule has 3 aromatic rings. The summed E-state index contributed by atoms with van der Waals surface area (Å²) in [5.74, 6) is -0.0101. The summed E-state index contributed by atoms with van der Waals surface area (Å²) in [4.78, 5) is 27.3. The molecule has 1 amide bonds. The van der Waals surface area contributed by atoms with Gasteiger partial charge in [-0.05, 0) is 41.5 Å². The molecule has 4 heteroatoms. The summed E-state index contributed by atoms with van der Waals surface area (Å²) in [5, 5.41) is 2.09. The van der Waals surface area contributed by atoms with Gasteiger partial charge in [0.2, 0.25) is 5.91 Å². The number of carbonyl (C=O) groups excluding carboxylic acids is 2. The smallest absolute Gasteiger partial charge is 0.316 e. The topological polar surface area (TPSA) is 46.6 Å². The van der Waals surface area contributed by atoms with E-state index in [1.165, 1.54) is 0 Å². The molecular formula is C25H25NO3. The predicted molar refractivity (Wildman–Crippen MR) is 115 cm³/mol. The van der Waals surface area contributed by atoms with Gasteiger partial charge in [0.15, 0.2) is 0 Å². The Kier molecular flexibility index (Phi) is 5.10. The van der Waals surface area contributed by atoms with E-state index in [2.05, 4.69) is 13.8 Å². The molecule has 1 atom stereocenters. The van der Waals surface area contributed by atoms with Gasteiger partial charge in [-0.3, -0.25) is 9.59 Å². The lowest BCUT2D eigenvalue weighted by atomic mass is 10.0. The molecule has 1 fully saturated rings. The number of nitrogens with zero attached hydrogens (tertiary/aromatic N) is 1. The second kappa shape index (κ2) is 7.70. The summed E-state index contributed by atoms with van der Waals surface area (Å²) >= 11 is 0. The van der Waals surface area contributed by atoms with Crippen molar-refractivity contribution >= 4 is 28.3 Å². The highest BCUT2D eigenvalue weighted by Gasteiger charge is 2.37. The van der Waals surface area contributed by atoms with Gasteiger partial charge in [-0.1, -0.05) is 62.4 Å². The van der Waals surface area contributed by atoms with Crippen LogP contribution < -0.4 is 9.64 Å². The van der Waals surface area contributed by atoms with Gasteiger partial charge in [0.05, 0.1) is 11.6 Å². The second-order valence-corrected chi connectivity index (χ2v) is 8.02. The summed E-state index contributed by atoms with van der Waals surface area (Å²) in [6.07, 6.45) is 0.172. The molecule has 3 aromatic carbocycles. The molecule has 1 aliphatic rings. The molecule has 0 unspecified atom stereocenters. The van der Waals surface area contributed by atoms with Crippen LogP contribution in [0.1, 0.15) is 37.3 Å². The summed E-state index contributed by atoms with van der Waals surface area (Å²) in [7, 11) is 0. The monoisotopic (exact) mass is 387 g/mol. The number of hydrogen-bond donors (Lipinski definition) is 0. The zero-order chi connectivity index (χ0) is 20.5. The first-order valence-corrected chi connectivity index (χ1v) is 10.0. The number of ether oxygens (including phenoxy) is 1. The summed E-state index contributed by atoms with van der Waals surface area (Å²) < 4.78 is 5.77. The standard InChI is InChI=1S/C25H25NO3/c1-16(2)20-12-11-17(3)13-23(20)29-25(28)19-14-24(27)26(15-19)22-10-6-8-18-7-4-5-9-21(18)22/h4-13,16,19H,14-15H2,1-3H3/t19-/m0/s1. The van der Waals surface area contributed by atoms with Gasteiger partial charge in [0, 0.05) is 18.4 Å². The molecule has 0 saturated carbocycles. The highest BCUT2D eigenvalue weighted by atomic mass is 16.5. The van der Waals surface area contributed by atoms with E-state index < -0.39 is 5.92 Å². The number of esters is 1. The molecule has 0 bridgehead atoms. The Bertz CT molecular complexity index is 1080. The van der Waals surface area contributed by atoms with Gasteiger partial charge < -0.3 is 9.64 Å². The van der Waals surface area contributed by atoms with E-state index in [9.17, 15) is 9.59 Å². The van der Waals surface area contributed by atoms with Crippen molar-refractivity contribution in [3.05, 3.63) is 71.8 Å². The number of rotatable bonds is 4. The van der Waals surface area contributed by atoms with Crippen LogP contribution in [-0.2, 0) is 9.59 Å². The Morgan fingerprint density at radius 3 is 2.62 bits per heavy atom. The van der Waals surface area contributed by atoms with E-state index >= 15 is 0 Å². The molecule has 1 saturated heterocycles. The highest BCUT2D eigenvalue weighted by molar-refractivity contribution is 6.06. The average Bonchev–Trinajstić information content (AvgIpc) is 3.09. The Hall–Kier alpha value is -3.14. The number of benzene rings is 3. The van der Waals surface area contributed by atoms with Crippen molar-refractivity contribution in [1.82, 2.24) is 0 Å². The first-order valence-electron chi connectivity index (χ1n) is 10.0. The molecule has 0 N–H and O–H groups in total. The maximum Gasteiger partial charge on any atom is 0.316 e. The van der Waals surface area contributed by atoms with E-state index in [1.807, 2.05) is 67.6 Å². The third kappa shape index (κ3) is 3.75. The lowest BCUT2D eigenvalue weighted by molar-refractivity contribution is -0.139. The normalized spacial score (nSPS) is 16.6. The lowest BCUT2D eigenvalue weighted by Gasteiger charge is -2.19. The third-order valence-electron chi connectivity index (χ3n) is 5.52. The zero-order valence-corrected chi connectivity index (χ0v) is 17.0. The molecule has 0 radical (unpaired) electrons. The minimum Gasteiger partial charge on any atom is -0.426 e. The molecule has 0 spiro atoms. The van der Waals surface area contributed by atoms with Gasteiger partial charge in [-0.25, -0.2) is 0 Å². The van der Waals surface area contributed by atoms with Crippen LogP contribution in [0.2, 0.25) is 0 Å². The van der Waals surface area contributed by atoms with Crippen LogP contribution in [0.4, 0.5) is 5.69 Å². The minimum atomic E-state index is -0.470. The Labute approximate surface area is 171 Å². The molecule has 0 aliphatic carbocycles. The Balaban J connectivity index is 1.57. The lowest BCUT2D eigenvalue weighted by Crippen LogP contribution is -2.27. The summed E-state index contributed by atoms with van der Waals surface area (Å²) in [6.45, 7) is 6.46. The number of aryl methyl sites for hydroxylation is 1. The van der Waals surface area contributed by atoms with Gasteiger partial charge in [-0.15, -0.1) is 0 Å². The predicted octanol–water partition coefficient (Wildman–Crippen LogP) is 5.23. The molecule has 0 aromatic heterocycles. The molecule has 1 aliphatic heterocycles. The van der Waals surface area contributed by atoms with Crippen LogP contribution in [0.5, 0.6) is 5.75 Å². The molecule has 1 heterocycles. The van der Waals surface area contributed by atoms with Gasteiger partial charge in [-0.2, -0.15) is 0 Å².